The van der Waals surface area contributed by atoms with Crippen molar-refractivity contribution in [3.63, 3.8) is 0 Å². The molecule has 0 aromatic rings. The summed E-state index contributed by atoms with van der Waals surface area (Å²) in [6.45, 7) is 10.5. The third-order valence-electron chi connectivity index (χ3n) is 6.41. The fourth-order valence-electron chi connectivity index (χ4n) is 4.93. The van der Waals surface area contributed by atoms with Crippen LogP contribution in [0.2, 0.25) is 0 Å². The maximum Gasteiger partial charge on any atom is 0.191 e. The molecule has 1 saturated heterocycles. The number of rotatable bonds is 6. The molecule has 2 aliphatic carbocycles. The Morgan fingerprint density at radius 3 is 2.64 bits per heavy atom. The minimum absolute atomic E-state index is 0. The molecule has 3 fully saturated rings. The zero-order chi connectivity index (χ0) is 17.2. The van der Waals surface area contributed by atoms with E-state index >= 15 is 0 Å². The second-order valence-corrected chi connectivity index (χ2v) is 8.37. The Hall–Kier alpha value is -0.0800. The first-order valence-corrected chi connectivity index (χ1v) is 9.90. The zero-order valence-electron chi connectivity index (χ0n) is 16.4. The summed E-state index contributed by atoms with van der Waals surface area (Å²) in [7, 11) is 2.25. The molecule has 3 aliphatic rings. The highest BCUT2D eigenvalue weighted by Crippen LogP contribution is 2.52. The minimum atomic E-state index is 0. The van der Waals surface area contributed by atoms with E-state index in [4.69, 9.17) is 9.73 Å². The molecule has 3 atom stereocenters. The minimum Gasteiger partial charge on any atom is -0.377 e. The Balaban J connectivity index is 0.00000225. The van der Waals surface area contributed by atoms with Crippen LogP contribution in [0.15, 0.2) is 4.99 Å². The Bertz CT molecular complexity index is 451. The van der Waals surface area contributed by atoms with Crippen LogP contribution in [0.25, 0.3) is 0 Å². The van der Waals surface area contributed by atoms with Crippen molar-refractivity contribution in [3.8, 4) is 0 Å². The number of halogens is 1. The highest BCUT2D eigenvalue weighted by Gasteiger charge is 2.59. The van der Waals surface area contributed by atoms with Crippen LogP contribution in [-0.2, 0) is 4.74 Å². The summed E-state index contributed by atoms with van der Waals surface area (Å²) in [5.41, 5.74) is 0.192. The molecule has 2 saturated carbocycles. The van der Waals surface area contributed by atoms with E-state index in [0.29, 0.717) is 18.1 Å². The van der Waals surface area contributed by atoms with E-state index < -0.39 is 0 Å². The van der Waals surface area contributed by atoms with Gasteiger partial charge >= 0.3 is 0 Å². The van der Waals surface area contributed by atoms with Crippen LogP contribution in [-0.4, -0.2) is 62.3 Å². The molecule has 0 aromatic carbocycles. The van der Waals surface area contributed by atoms with Crippen LogP contribution in [0.3, 0.4) is 0 Å². The van der Waals surface area contributed by atoms with Crippen LogP contribution >= 0.6 is 24.0 Å². The number of nitrogens with one attached hydrogen (secondary N) is 2. The lowest BCUT2D eigenvalue weighted by atomic mass is 9.57. The van der Waals surface area contributed by atoms with Crippen LogP contribution < -0.4 is 10.6 Å². The average Bonchev–Trinajstić information content (AvgIpc) is 3.22. The Kier molecular flexibility index (Phi) is 7.83. The quantitative estimate of drug-likeness (QED) is 0.361. The van der Waals surface area contributed by atoms with Gasteiger partial charge in [-0.25, -0.2) is 0 Å². The summed E-state index contributed by atoms with van der Waals surface area (Å²) in [5, 5.41) is 7.12. The van der Waals surface area contributed by atoms with E-state index in [1.54, 1.807) is 0 Å². The lowest BCUT2D eigenvalue weighted by molar-refractivity contribution is -0.106. The lowest BCUT2D eigenvalue weighted by Crippen LogP contribution is -2.68. The number of fused-ring (bicyclic) bond motifs is 1. The molecule has 146 valence electrons. The van der Waals surface area contributed by atoms with Gasteiger partial charge in [-0.3, -0.25) is 4.99 Å². The number of hydrogen-bond donors (Lipinski definition) is 2. The highest BCUT2D eigenvalue weighted by molar-refractivity contribution is 14.0. The largest absolute Gasteiger partial charge is 0.377 e. The third kappa shape index (κ3) is 4.61. The Morgan fingerprint density at radius 2 is 1.96 bits per heavy atom. The number of ether oxygens (including phenoxy) is 1. The number of hydrogen-bond acceptors (Lipinski definition) is 3. The number of aliphatic imine (C=N–C) groups is 1. The normalized spacial score (nSPS) is 31.4. The summed E-state index contributed by atoms with van der Waals surface area (Å²) in [6.07, 6.45) is 7.10. The fourth-order valence-corrected chi connectivity index (χ4v) is 4.93. The van der Waals surface area contributed by atoms with Crippen molar-refractivity contribution < 1.29 is 4.74 Å². The molecule has 0 spiro atoms. The first-order valence-electron chi connectivity index (χ1n) is 9.90. The van der Waals surface area contributed by atoms with Gasteiger partial charge in [0.2, 0.25) is 0 Å². The maximum absolute atomic E-state index is 5.90. The van der Waals surface area contributed by atoms with E-state index in [-0.39, 0.29) is 29.4 Å². The molecule has 5 nitrogen and oxygen atoms in total. The average molecular weight is 464 g/mol. The molecule has 3 unspecified atom stereocenters. The fraction of sp³-hybridized carbons (Fsp3) is 0.947. The summed E-state index contributed by atoms with van der Waals surface area (Å²) in [5.74, 6) is 1.62. The Morgan fingerprint density at radius 1 is 1.24 bits per heavy atom. The van der Waals surface area contributed by atoms with Gasteiger partial charge in [-0.2, -0.15) is 0 Å². The van der Waals surface area contributed by atoms with Gasteiger partial charge in [0.1, 0.15) is 0 Å². The van der Waals surface area contributed by atoms with Crippen LogP contribution in [0.1, 0.15) is 52.9 Å². The summed E-state index contributed by atoms with van der Waals surface area (Å²) >= 11 is 0. The van der Waals surface area contributed by atoms with Gasteiger partial charge in [0.15, 0.2) is 5.96 Å². The number of nitrogens with zero attached hydrogens (tertiary/aromatic N) is 2. The zero-order valence-corrected chi connectivity index (χ0v) is 18.7. The molecule has 1 aliphatic heterocycles. The van der Waals surface area contributed by atoms with Gasteiger partial charge in [-0.05, 0) is 33.2 Å². The first-order chi connectivity index (χ1) is 11.5. The van der Waals surface area contributed by atoms with E-state index in [9.17, 15) is 0 Å². The van der Waals surface area contributed by atoms with Gasteiger partial charge in [0, 0.05) is 43.1 Å². The van der Waals surface area contributed by atoms with E-state index in [0.717, 1.165) is 38.2 Å². The van der Waals surface area contributed by atoms with Gasteiger partial charge < -0.3 is 20.3 Å². The second-order valence-electron chi connectivity index (χ2n) is 8.37. The molecule has 25 heavy (non-hydrogen) atoms. The summed E-state index contributed by atoms with van der Waals surface area (Å²) in [6, 6.07) is 1.24. The van der Waals surface area contributed by atoms with Gasteiger partial charge in [0.25, 0.3) is 0 Å². The van der Waals surface area contributed by atoms with Crippen molar-refractivity contribution >= 4 is 29.9 Å². The van der Waals surface area contributed by atoms with Crippen molar-refractivity contribution in [2.24, 2.45) is 16.3 Å². The highest BCUT2D eigenvalue weighted by atomic mass is 127. The molecule has 2 N–H and O–H groups in total. The predicted molar refractivity (Wildman–Crippen MR) is 115 cm³/mol. The van der Waals surface area contributed by atoms with E-state index in [1.807, 2.05) is 0 Å². The van der Waals surface area contributed by atoms with E-state index in [1.165, 1.54) is 32.1 Å². The number of likely N-dealkylation sites (N-methyl/N-ethyl adjacent to an activating group) is 1. The molecule has 0 amide bonds. The predicted octanol–water partition coefficient (Wildman–Crippen LogP) is 2.85. The summed E-state index contributed by atoms with van der Waals surface area (Å²) in [4.78, 5) is 7.33. The van der Waals surface area contributed by atoms with Crippen molar-refractivity contribution in [1.82, 2.24) is 15.5 Å². The van der Waals surface area contributed by atoms with Crippen LogP contribution in [0.4, 0.5) is 0 Å². The van der Waals surface area contributed by atoms with Gasteiger partial charge in [0.05, 0.1) is 12.6 Å². The van der Waals surface area contributed by atoms with Crippen molar-refractivity contribution in [2.45, 2.75) is 71.1 Å². The molecular formula is C19H37IN4O. The second kappa shape index (κ2) is 9.22. The van der Waals surface area contributed by atoms with Crippen molar-refractivity contribution in [1.29, 1.82) is 0 Å². The van der Waals surface area contributed by atoms with Crippen LogP contribution in [0, 0.1) is 11.3 Å². The van der Waals surface area contributed by atoms with Crippen molar-refractivity contribution in [2.75, 3.05) is 33.3 Å². The smallest absolute Gasteiger partial charge is 0.191 e. The molecular weight excluding hydrogens is 427 g/mol. The Labute approximate surface area is 170 Å². The molecule has 1 heterocycles. The van der Waals surface area contributed by atoms with Crippen molar-refractivity contribution in [3.05, 3.63) is 0 Å². The van der Waals surface area contributed by atoms with Gasteiger partial charge in [-0.1, -0.05) is 26.7 Å². The lowest BCUT2D eigenvalue weighted by Gasteiger charge is -2.54. The van der Waals surface area contributed by atoms with E-state index in [2.05, 4.69) is 43.4 Å². The van der Waals surface area contributed by atoms with Crippen LogP contribution in [0.5, 0.6) is 0 Å². The summed E-state index contributed by atoms with van der Waals surface area (Å²) < 4.78 is 5.90. The molecule has 0 bridgehead atoms. The molecule has 0 aromatic heterocycles. The SMILES string of the molecule is CCNC(=NCCN(C)C1CCCC1)NC1C2CCOC2C1(C)C.I. The standard InChI is InChI=1S/C19H36N4O.HI/c1-5-20-18(21-11-12-23(4)14-8-6-7-9-14)22-16-15-10-13-24-17(15)19(16,2)3;/h14-17H,5-13H2,1-4H3,(H2,20,21,22);1H. The maximum atomic E-state index is 5.90. The monoisotopic (exact) mass is 464 g/mol. The molecule has 6 heteroatoms. The first kappa shape index (κ1) is 21.2. The topological polar surface area (TPSA) is 48.9 Å². The number of guanidine groups is 1. The third-order valence-corrected chi connectivity index (χ3v) is 6.41. The molecule has 3 rings (SSSR count). The molecule has 0 radical (unpaired) electrons. The van der Waals surface area contributed by atoms with Gasteiger partial charge in [-0.15, -0.1) is 24.0 Å².